The van der Waals surface area contributed by atoms with Gasteiger partial charge in [0.2, 0.25) is 0 Å². The van der Waals surface area contributed by atoms with Crippen LogP contribution in [0.4, 0.5) is 0 Å². The zero-order valence-corrected chi connectivity index (χ0v) is 16.6. The lowest BCUT2D eigenvalue weighted by atomic mass is 9.57. The number of piperidine rings is 1. The van der Waals surface area contributed by atoms with E-state index < -0.39 is 0 Å². The molecule has 0 amide bonds. The highest BCUT2D eigenvalue weighted by atomic mass is 16.5. The number of hydrogen-bond donors (Lipinski definition) is 0. The van der Waals surface area contributed by atoms with E-state index in [1.807, 2.05) is 0 Å². The molecule has 1 aromatic rings. The first-order chi connectivity index (χ1) is 12.7. The molecular formula is C22H33NO3. The molecular weight excluding hydrogens is 326 g/mol. The summed E-state index contributed by atoms with van der Waals surface area (Å²) >= 11 is 0. The molecule has 0 N–H and O–H groups in total. The minimum Gasteiger partial charge on any atom is -0.497 e. The summed E-state index contributed by atoms with van der Waals surface area (Å²) in [5, 5.41) is 0. The van der Waals surface area contributed by atoms with E-state index >= 15 is 0 Å². The third-order valence-electron chi connectivity index (χ3n) is 7.23. The van der Waals surface area contributed by atoms with Crippen molar-refractivity contribution >= 4 is 0 Å². The summed E-state index contributed by atoms with van der Waals surface area (Å²) in [4.78, 5) is 2.63. The smallest absolute Gasteiger partial charge is 0.126 e. The molecule has 0 aromatic heterocycles. The number of ether oxygens (including phenoxy) is 3. The van der Waals surface area contributed by atoms with Crippen LogP contribution in [0.2, 0.25) is 0 Å². The summed E-state index contributed by atoms with van der Waals surface area (Å²) < 4.78 is 17.1. The second-order valence-electron chi connectivity index (χ2n) is 8.34. The first-order valence-electron chi connectivity index (χ1n) is 10.2. The maximum absolute atomic E-state index is 6.18. The molecule has 2 aliphatic carbocycles. The number of nitrogens with zero attached hydrogens (tertiary/aromatic N) is 1. The van der Waals surface area contributed by atoms with E-state index in [-0.39, 0.29) is 0 Å². The van der Waals surface area contributed by atoms with Crippen molar-refractivity contribution in [2.24, 2.45) is 5.92 Å². The van der Waals surface area contributed by atoms with Crippen molar-refractivity contribution in [2.45, 2.75) is 56.4 Å². The van der Waals surface area contributed by atoms with Crippen LogP contribution in [0.3, 0.4) is 0 Å². The molecule has 1 aliphatic heterocycles. The Kier molecular flexibility index (Phi) is 5.15. The molecule has 3 atom stereocenters. The molecule has 2 fully saturated rings. The van der Waals surface area contributed by atoms with Crippen LogP contribution in [0.15, 0.2) is 12.1 Å². The quantitative estimate of drug-likeness (QED) is 0.748. The van der Waals surface area contributed by atoms with Crippen molar-refractivity contribution in [1.29, 1.82) is 0 Å². The normalized spacial score (nSPS) is 30.9. The number of likely N-dealkylation sites (tertiary alicyclic amines) is 1. The van der Waals surface area contributed by atoms with Gasteiger partial charge < -0.3 is 19.1 Å². The SMILES string of the molecule is COCCOc1cc(OC)cc2c1CC[C@@H]1[C@@H]3CCCC[C@]23CCN1C. The second-order valence-corrected chi connectivity index (χ2v) is 8.34. The van der Waals surface area contributed by atoms with Gasteiger partial charge in [0.1, 0.15) is 18.1 Å². The Morgan fingerprint density at radius 1 is 1.12 bits per heavy atom. The fraction of sp³-hybridized carbons (Fsp3) is 0.727. The zero-order chi connectivity index (χ0) is 18.1. The number of benzene rings is 1. The second kappa shape index (κ2) is 7.40. The van der Waals surface area contributed by atoms with Gasteiger partial charge in [-0.05, 0) is 68.8 Å². The molecule has 2 bridgehead atoms. The highest BCUT2D eigenvalue weighted by Gasteiger charge is 2.52. The van der Waals surface area contributed by atoms with E-state index in [1.54, 1.807) is 14.2 Å². The van der Waals surface area contributed by atoms with E-state index in [4.69, 9.17) is 14.2 Å². The lowest BCUT2D eigenvalue weighted by molar-refractivity contribution is 0.0153. The Balaban J connectivity index is 1.81. The summed E-state index contributed by atoms with van der Waals surface area (Å²) in [6.45, 7) is 2.42. The van der Waals surface area contributed by atoms with E-state index in [2.05, 4.69) is 24.1 Å². The topological polar surface area (TPSA) is 30.9 Å². The third-order valence-corrected chi connectivity index (χ3v) is 7.23. The minimum atomic E-state index is 0.315. The van der Waals surface area contributed by atoms with Gasteiger partial charge in [0.15, 0.2) is 0 Å². The number of hydrogen-bond acceptors (Lipinski definition) is 4. The van der Waals surface area contributed by atoms with Gasteiger partial charge in [-0.2, -0.15) is 0 Å². The Morgan fingerprint density at radius 3 is 2.81 bits per heavy atom. The van der Waals surface area contributed by atoms with Gasteiger partial charge in [-0.15, -0.1) is 0 Å². The molecule has 0 unspecified atom stereocenters. The van der Waals surface area contributed by atoms with Crippen molar-refractivity contribution in [3.8, 4) is 11.5 Å². The third kappa shape index (κ3) is 2.91. The van der Waals surface area contributed by atoms with Gasteiger partial charge in [-0.1, -0.05) is 12.8 Å². The van der Waals surface area contributed by atoms with Crippen molar-refractivity contribution in [2.75, 3.05) is 41.0 Å². The summed E-state index contributed by atoms with van der Waals surface area (Å²) in [6, 6.07) is 5.13. The number of fused-ring (bicyclic) bond motifs is 1. The highest BCUT2D eigenvalue weighted by molar-refractivity contribution is 5.52. The lowest BCUT2D eigenvalue weighted by Gasteiger charge is -2.54. The molecule has 144 valence electrons. The van der Waals surface area contributed by atoms with Crippen molar-refractivity contribution in [3.63, 3.8) is 0 Å². The van der Waals surface area contributed by atoms with E-state index in [0.29, 0.717) is 24.7 Å². The summed E-state index contributed by atoms with van der Waals surface area (Å²) in [7, 11) is 5.82. The predicted molar refractivity (Wildman–Crippen MR) is 103 cm³/mol. The van der Waals surface area contributed by atoms with Crippen molar-refractivity contribution in [3.05, 3.63) is 23.3 Å². The fourth-order valence-corrected chi connectivity index (χ4v) is 5.97. The predicted octanol–water partition coefficient (Wildman–Crippen LogP) is 3.80. The van der Waals surface area contributed by atoms with Crippen LogP contribution in [0.1, 0.15) is 49.7 Å². The van der Waals surface area contributed by atoms with E-state index in [1.165, 1.54) is 56.2 Å². The summed E-state index contributed by atoms with van der Waals surface area (Å²) in [6.07, 6.45) is 9.03. The lowest BCUT2D eigenvalue weighted by Crippen LogP contribution is -2.55. The van der Waals surface area contributed by atoms with Crippen LogP contribution in [0.5, 0.6) is 11.5 Å². The van der Waals surface area contributed by atoms with Crippen molar-refractivity contribution < 1.29 is 14.2 Å². The zero-order valence-electron chi connectivity index (χ0n) is 16.6. The first-order valence-corrected chi connectivity index (χ1v) is 10.2. The molecule has 4 heteroatoms. The molecule has 1 aromatic carbocycles. The average molecular weight is 360 g/mol. The van der Waals surface area contributed by atoms with Gasteiger partial charge in [0.05, 0.1) is 13.7 Å². The Hall–Kier alpha value is -1.26. The molecule has 4 rings (SSSR count). The number of methoxy groups -OCH3 is 2. The largest absolute Gasteiger partial charge is 0.497 e. The Bertz CT molecular complexity index is 647. The van der Waals surface area contributed by atoms with Gasteiger partial charge in [-0.25, -0.2) is 0 Å². The van der Waals surface area contributed by atoms with Crippen LogP contribution < -0.4 is 9.47 Å². The Morgan fingerprint density at radius 2 is 2.00 bits per heavy atom. The van der Waals surface area contributed by atoms with E-state index in [0.717, 1.165) is 23.8 Å². The molecule has 0 radical (unpaired) electrons. The van der Waals surface area contributed by atoms with Crippen LogP contribution in [0, 0.1) is 5.92 Å². The number of rotatable bonds is 5. The maximum Gasteiger partial charge on any atom is 0.126 e. The standard InChI is InChI=1S/C22H33NO3/c1-23-11-10-22-9-5-4-6-18(22)20(23)8-7-17-19(22)14-16(25-3)15-21(17)26-13-12-24-2/h14-15,18,20H,4-13H2,1-3H3/t18-,20+,22+/m0/s1. The molecule has 1 saturated heterocycles. The van der Waals surface area contributed by atoms with Gasteiger partial charge in [0, 0.05) is 24.6 Å². The van der Waals surface area contributed by atoms with Crippen LogP contribution in [-0.2, 0) is 16.6 Å². The van der Waals surface area contributed by atoms with Crippen LogP contribution in [-0.4, -0.2) is 52.0 Å². The van der Waals surface area contributed by atoms with Crippen LogP contribution in [0.25, 0.3) is 0 Å². The fourth-order valence-electron chi connectivity index (χ4n) is 5.97. The van der Waals surface area contributed by atoms with Gasteiger partial charge >= 0.3 is 0 Å². The molecule has 3 aliphatic rings. The Labute approximate surface area is 157 Å². The molecule has 4 nitrogen and oxygen atoms in total. The summed E-state index contributed by atoms with van der Waals surface area (Å²) in [5.41, 5.74) is 3.28. The summed E-state index contributed by atoms with van der Waals surface area (Å²) in [5.74, 6) is 2.73. The van der Waals surface area contributed by atoms with Gasteiger partial charge in [0.25, 0.3) is 0 Å². The van der Waals surface area contributed by atoms with E-state index in [9.17, 15) is 0 Å². The molecule has 0 spiro atoms. The van der Waals surface area contributed by atoms with Gasteiger partial charge in [-0.3, -0.25) is 0 Å². The monoisotopic (exact) mass is 359 g/mol. The highest BCUT2D eigenvalue weighted by Crippen LogP contribution is 2.56. The minimum absolute atomic E-state index is 0.315. The molecule has 26 heavy (non-hydrogen) atoms. The maximum atomic E-state index is 6.18. The average Bonchev–Trinajstić information content (AvgIpc) is 2.78. The molecule has 1 saturated carbocycles. The first kappa shape index (κ1) is 18.1. The van der Waals surface area contributed by atoms with Crippen LogP contribution >= 0.6 is 0 Å². The molecule has 1 heterocycles. The van der Waals surface area contributed by atoms with Crippen molar-refractivity contribution in [1.82, 2.24) is 4.90 Å².